The monoisotopic (exact) mass is 358 g/mol. The fraction of sp³-hybridized carbons (Fsp3) is 0.385. The van der Waals surface area contributed by atoms with Gasteiger partial charge >= 0.3 is 0 Å². The van der Waals surface area contributed by atoms with Crippen LogP contribution in [0, 0.1) is 5.82 Å². The van der Waals surface area contributed by atoms with E-state index in [0.29, 0.717) is 28.7 Å². The van der Waals surface area contributed by atoms with Gasteiger partial charge in [-0.05, 0) is 28.9 Å². The maximum atomic E-state index is 13.7. The predicted molar refractivity (Wildman–Crippen MR) is 81.4 cm³/mol. The minimum Gasteiger partial charge on any atom is -0.383 e. The number of nitrogen functional groups attached to an aromatic ring is 1. The summed E-state index contributed by atoms with van der Waals surface area (Å²) < 4.78 is 20.4. The van der Waals surface area contributed by atoms with E-state index in [9.17, 15) is 9.18 Å². The molecular formula is C13H16BrFN4O2. The van der Waals surface area contributed by atoms with E-state index in [2.05, 4.69) is 26.2 Å². The van der Waals surface area contributed by atoms with Crippen LogP contribution in [0.2, 0.25) is 0 Å². The molecule has 0 fully saturated rings. The number of imidazole rings is 1. The minimum atomic E-state index is -0.604. The molecular weight excluding hydrogens is 343 g/mol. The molecule has 2 rings (SSSR count). The van der Waals surface area contributed by atoms with Gasteiger partial charge in [-0.25, -0.2) is 9.37 Å². The second-order valence-corrected chi connectivity index (χ2v) is 5.41. The highest BCUT2D eigenvalue weighted by Gasteiger charge is 2.21. The number of hydrogen-bond donors (Lipinski definition) is 2. The number of nitrogens with zero attached hydrogens (tertiary/aromatic N) is 2. The normalized spacial score (nSPS) is 12.6. The molecule has 1 aromatic heterocycles. The molecule has 0 radical (unpaired) electrons. The molecule has 0 aliphatic rings. The number of carbonyl (C=O) groups excluding carboxylic acids is 1. The number of amides is 1. The number of carbonyl (C=O) groups is 1. The Balaban J connectivity index is 2.34. The van der Waals surface area contributed by atoms with Crippen molar-refractivity contribution in [2.45, 2.75) is 13.0 Å². The van der Waals surface area contributed by atoms with Crippen LogP contribution in [-0.4, -0.2) is 35.7 Å². The van der Waals surface area contributed by atoms with E-state index < -0.39 is 11.9 Å². The molecule has 0 spiro atoms. The van der Waals surface area contributed by atoms with Crippen LogP contribution >= 0.6 is 15.9 Å². The molecule has 1 heterocycles. The molecule has 0 aliphatic carbocycles. The Morgan fingerprint density at radius 2 is 2.33 bits per heavy atom. The first-order valence-corrected chi connectivity index (χ1v) is 7.14. The second kappa shape index (κ2) is 6.40. The molecule has 21 heavy (non-hydrogen) atoms. The molecule has 0 bridgehead atoms. The molecule has 3 N–H and O–H groups in total. The summed E-state index contributed by atoms with van der Waals surface area (Å²) in [7, 11) is 1.55. The largest absolute Gasteiger partial charge is 0.383 e. The Morgan fingerprint density at radius 3 is 3.00 bits per heavy atom. The van der Waals surface area contributed by atoms with Crippen LogP contribution < -0.4 is 11.1 Å². The van der Waals surface area contributed by atoms with Crippen LogP contribution in [0.3, 0.4) is 0 Å². The molecule has 1 unspecified atom stereocenters. The molecule has 2 aromatic rings. The molecule has 6 nitrogen and oxygen atoms in total. The maximum absolute atomic E-state index is 13.7. The summed E-state index contributed by atoms with van der Waals surface area (Å²) in [6.07, 6.45) is 0. The van der Waals surface area contributed by atoms with Crippen molar-refractivity contribution < 1.29 is 13.9 Å². The number of anilines is 1. The number of hydrogen-bond acceptors (Lipinski definition) is 4. The Hall–Kier alpha value is -1.67. The Labute approximate surface area is 129 Å². The van der Waals surface area contributed by atoms with Gasteiger partial charge in [0, 0.05) is 19.7 Å². The van der Waals surface area contributed by atoms with Crippen molar-refractivity contribution >= 4 is 38.8 Å². The fourth-order valence-corrected chi connectivity index (χ4v) is 2.39. The van der Waals surface area contributed by atoms with Gasteiger partial charge in [0.25, 0.3) is 0 Å². The van der Waals surface area contributed by atoms with Crippen LogP contribution in [-0.2, 0) is 9.53 Å². The number of aromatic nitrogens is 2. The lowest BCUT2D eigenvalue weighted by atomic mass is 10.2. The third-order valence-electron chi connectivity index (χ3n) is 3.13. The number of ether oxygens (including phenoxy) is 1. The zero-order valence-corrected chi connectivity index (χ0v) is 13.3. The van der Waals surface area contributed by atoms with E-state index in [4.69, 9.17) is 10.5 Å². The molecule has 0 saturated heterocycles. The van der Waals surface area contributed by atoms with E-state index in [0.717, 1.165) is 0 Å². The van der Waals surface area contributed by atoms with Crippen LogP contribution in [0.5, 0.6) is 0 Å². The van der Waals surface area contributed by atoms with Crippen molar-refractivity contribution in [1.82, 2.24) is 14.9 Å². The third kappa shape index (κ3) is 3.16. The van der Waals surface area contributed by atoms with Gasteiger partial charge in [0.15, 0.2) is 0 Å². The Bertz CT molecular complexity index is 674. The summed E-state index contributed by atoms with van der Waals surface area (Å²) in [6, 6.07) is 2.24. The average molecular weight is 359 g/mol. The molecule has 1 amide bonds. The van der Waals surface area contributed by atoms with Gasteiger partial charge in [0.1, 0.15) is 11.9 Å². The SMILES string of the molecule is COCCNC(=O)C(C)n1c(N)nc2cc(Br)c(F)cc21. The van der Waals surface area contributed by atoms with Crippen LogP contribution in [0.4, 0.5) is 10.3 Å². The average Bonchev–Trinajstić information content (AvgIpc) is 2.74. The van der Waals surface area contributed by atoms with Crippen LogP contribution in [0.25, 0.3) is 11.0 Å². The summed E-state index contributed by atoms with van der Waals surface area (Å²) in [5.41, 5.74) is 6.86. The molecule has 1 aromatic carbocycles. The molecule has 1 atom stereocenters. The van der Waals surface area contributed by atoms with Gasteiger partial charge in [-0.15, -0.1) is 0 Å². The molecule has 0 saturated carbocycles. The summed E-state index contributed by atoms with van der Waals surface area (Å²) in [4.78, 5) is 16.2. The zero-order chi connectivity index (χ0) is 15.6. The number of nitrogens with two attached hydrogens (primary N) is 1. The Kier molecular flexibility index (Phi) is 4.79. The molecule has 0 aliphatic heterocycles. The van der Waals surface area contributed by atoms with Gasteiger partial charge in [0.2, 0.25) is 11.9 Å². The summed E-state index contributed by atoms with van der Waals surface area (Å²) >= 11 is 3.10. The highest BCUT2D eigenvalue weighted by Crippen LogP contribution is 2.27. The highest BCUT2D eigenvalue weighted by molar-refractivity contribution is 9.10. The van der Waals surface area contributed by atoms with Gasteiger partial charge < -0.3 is 15.8 Å². The van der Waals surface area contributed by atoms with E-state index in [1.165, 1.54) is 16.7 Å². The quantitative estimate of drug-likeness (QED) is 0.799. The highest BCUT2D eigenvalue weighted by atomic mass is 79.9. The maximum Gasteiger partial charge on any atom is 0.242 e. The molecule has 8 heteroatoms. The van der Waals surface area contributed by atoms with E-state index in [1.807, 2.05) is 0 Å². The summed E-state index contributed by atoms with van der Waals surface area (Å²) in [5.74, 6) is -0.506. The van der Waals surface area contributed by atoms with Crippen molar-refractivity contribution in [3.8, 4) is 0 Å². The van der Waals surface area contributed by atoms with Crippen LogP contribution in [0.15, 0.2) is 16.6 Å². The predicted octanol–water partition coefficient (Wildman–Crippen LogP) is 1.84. The summed E-state index contributed by atoms with van der Waals surface area (Å²) in [5, 5.41) is 2.72. The van der Waals surface area contributed by atoms with Gasteiger partial charge in [-0.2, -0.15) is 0 Å². The number of halogens is 2. The Morgan fingerprint density at radius 1 is 1.62 bits per heavy atom. The summed E-state index contributed by atoms with van der Waals surface area (Å²) in [6.45, 7) is 2.49. The minimum absolute atomic E-state index is 0.164. The van der Waals surface area contributed by atoms with E-state index in [1.54, 1.807) is 14.0 Å². The first-order chi connectivity index (χ1) is 9.95. The topological polar surface area (TPSA) is 82.2 Å². The number of nitrogens with one attached hydrogen (secondary N) is 1. The number of benzene rings is 1. The lowest BCUT2D eigenvalue weighted by Gasteiger charge is -2.16. The fourth-order valence-electron chi connectivity index (χ4n) is 2.06. The van der Waals surface area contributed by atoms with Crippen molar-refractivity contribution in [2.75, 3.05) is 26.0 Å². The number of rotatable bonds is 5. The first kappa shape index (κ1) is 15.7. The molecule has 114 valence electrons. The van der Waals surface area contributed by atoms with Crippen molar-refractivity contribution in [3.05, 3.63) is 22.4 Å². The van der Waals surface area contributed by atoms with Crippen molar-refractivity contribution in [2.24, 2.45) is 0 Å². The first-order valence-electron chi connectivity index (χ1n) is 6.34. The van der Waals surface area contributed by atoms with E-state index in [-0.39, 0.29) is 11.9 Å². The lowest BCUT2D eigenvalue weighted by Crippen LogP contribution is -2.33. The lowest BCUT2D eigenvalue weighted by molar-refractivity contribution is -0.123. The van der Waals surface area contributed by atoms with Gasteiger partial charge in [-0.3, -0.25) is 9.36 Å². The standard InChI is InChI=1S/C13H16BrFN4O2/c1-7(12(20)17-3-4-21-2)19-11-6-9(15)8(14)5-10(11)18-13(19)16/h5-7H,3-4H2,1-2H3,(H2,16,18)(H,17,20). The zero-order valence-electron chi connectivity index (χ0n) is 11.7. The van der Waals surface area contributed by atoms with E-state index >= 15 is 0 Å². The second-order valence-electron chi connectivity index (χ2n) is 4.55. The third-order valence-corrected chi connectivity index (χ3v) is 3.74. The smallest absolute Gasteiger partial charge is 0.242 e. The van der Waals surface area contributed by atoms with Gasteiger partial charge in [0.05, 0.1) is 22.1 Å². The van der Waals surface area contributed by atoms with Crippen LogP contribution in [0.1, 0.15) is 13.0 Å². The van der Waals surface area contributed by atoms with Gasteiger partial charge in [-0.1, -0.05) is 0 Å². The van der Waals surface area contributed by atoms with Crippen molar-refractivity contribution in [3.63, 3.8) is 0 Å². The number of fused-ring (bicyclic) bond motifs is 1. The van der Waals surface area contributed by atoms with Crippen molar-refractivity contribution in [1.29, 1.82) is 0 Å². The number of methoxy groups -OCH3 is 1.